The third kappa shape index (κ3) is 3.26. The van der Waals surface area contributed by atoms with Gasteiger partial charge in [0.15, 0.2) is 11.4 Å². The fraction of sp³-hybridized carbons (Fsp3) is 0.464. The van der Waals surface area contributed by atoms with E-state index >= 15 is 0 Å². The Morgan fingerprint density at radius 3 is 2.56 bits per heavy atom. The molecule has 0 saturated heterocycles. The summed E-state index contributed by atoms with van der Waals surface area (Å²) in [6.07, 6.45) is 4.90. The Hall–Kier alpha value is -3.15. The van der Waals surface area contributed by atoms with Gasteiger partial charge >= 0.3 is 5.97 Å². The van der Waals surface area contributed by atoms with Crippen LogP contribution in [0.5, 0.6) is 5.75 Å². The minimum atomic E-state index is -0.687. The highest BCUT2D eigenvalue weighted by molar-refractivity contribution is 5.98. The third-order valence-electron chi connectivity index (χ3n) is 7.64. The number of aryl methyl sites for hydroxylation is 3. The molecule has 2 aliphatic rings. The van der Waals surface area contributed by atoms with Crippen molar-refractivity contribution in [2.45, 2.75) is 65.2 Å². The van der Waals surface area contributed by atoms with Crippen LogP contribution in [0.25, 0.3) is 5.65 Å². The summed E-state index contributed by atoms with van der Waals surface area (Å²) in [5, 5.41) is 0. The lowest BCUT2D eigenvalue weighted by atomic mass is 9.90. The number of pyridine rings is 1. The standard InChI is InChI=1S/C28H33N3O3/c1-16-17(2)31-15-19(25(32)30(6)7)22(23(24(31)29-16)34-26(33)27(3,4)5)21-14-28(21)13-12-18-10-8-9-11-20(18)28/h8-11,15,21H,12-14H2,1-7H3. The highest BCUT2D eigenvalue weighted by atomic mass is 16.5. The minimum absolute atomic E-state index is 0.0180. The molecule has 1 saturated carbocycles. The number of nitrogens with zero attached hydrogens (tertiary/aromatic N) is 3. The van der Waals surface area contributed by atoms with Gasteiger partial charge in [0.05, 0.1) is 16.7 Å². The Bertz CT molecular complexity index is 1350. The van der Waals surface area contributed by atoms with E-state index in [9.17, 15) is 9.59 Å². The Morgan fingerprint density at radius 1 is 1.18 bits per heavy atom. The number of carbonyl (C=O) groups excluding carboxylic acids is 2. The second-order valence-electron chi connectivity index (χ2n) is 11.2. The Balaban J connectivity index is 1.77. The second kappa shape index (κ2) is 7.42. The van der Waals surface area contributed by atoms with Gasteiger partial charge in [-0.3, -0.25) is 9.59 Å². The average Bonchev–Trinajstić information content (AvgIpc) is 3.27. The van der Waals surface area contributed by atoms with E-state index in [1.807, 2.05) is 45.2 Å². The van der Waals surface area contributed by atoms with Gasteiger partial charge in [0.1, 0.15) is 0 Å². The first kappa shape index (κ1) is 22.6. The number of imidazole rings is 1. The highest BCUT2D eigenvalue weighted by Crippen LogP contribution is 2.68. The number of rotatable bonds is 3. The fourth-order valence-corrected chi connectivity index (χ4v) is 5.46. The van der Waals surface area contributed by atoms with E-state index in [0.29, 0.717) is 17.0 Å². The van der Waals surface area contributed by atoms with Gasteiger partial charge in [-0.15, -0.1) is 0 Å². The Morgan fingerprint density at radius 2 is 1.88 bits per heavy atom. The minimum Gasteiger partial charge on any atom is -0.422 e. The maximum Gasteiger partial charge on any atom is 0.316 e. The van der Waals surface area contributed by atoms with Crippen LogP contribution in [-0.2, 0) is 16.6 Å². The SMILES string of the molecule is Cc1nc2c(OC(=O)C(C)(C)C)c(C3CC34CCc3ccccc34)c(C(=O)N(C)C)cn2c1C. The van der Waals surface area contributed by atoms with Gasteiger partial charge in [-0.25, -0.2) is 4.98 Å². The number of aromatic nitrogens is 2. The molecule has 1 aromatic carbocycles. The molecule has 34 heavy (non-hydrogen) atoms. The van der Waals surface area contributed by atoms with Crippen molar-refractivity contribution in [1.29, 1.82) is 0 Å². The average molecular weight is 460 g/mol. The molecular formula is C28H33N3O3. The molecule has 2 unspecified atom stereocenters. The molecule has 2 atom stereocenters. The molecule has 0 aliphatic heterocycles. The van der Waals surface area contributed by atoms with Gasteiger partial charge in [0.25, 0.3) is 5.91 Å². The van der Waals surface area contributed by atoms with Crippen molar-refractivity contribution in [2.75, 3.05) is 14.1 Å². The largest absolute Gasteiger partial charge is 0.422 e. The predicted octanol–water partition coefficient (Wildman–Crippen LogP) is 4.98. The van der Waals surface area contributed by atoms with Crippen LogP contribution in [0, 0.1) is 19.3 Å². The molecule has 6 nitrogen and oxygen atoms in total. The molecule has 0 N–H and O–H groups in total. The first-order valence-electron chi connectivity index (χ1n) is 12.0. The predicted molar refractivity (Wildman–Crippen MR) is 132 cm³/mol. The molecule has 2 aromatic heterocycles. The second-order valence-corrected chi connectivity index (χ2v) is 11.2. The van der Waals surface area contributed by atoms with Crippen LogP contribution in [0.4, 0.5) is 0 Å². The summed E-state index contributed by atoms with van der Waals surface area (Å²) in [4.78, 5) is 33.0. The molecule has 5 rings (SSSR count). The van der Waals surface area contributed by atoms with Gasteiger partial charge < -0.3 is 14.0 Å². The van der Waals surface area contributed by atoms with Gasteiger partial charge in [0, 0.05) is 37.0 Å². The van der Waals surface area contributed by atoms with E-state index in [4.69, 9.17) is 9.72 Å². The molecule has 1 spiro atoms. The van der Waals surface area contributed by atoms with Gasteiger partial charge in [0.2, 0.25) is 0 Å². The normalized spacial score (nSPS) is 21.1. The maximum atomic E-state index is 13.5. The third-order valence-corrected chi connectivity index (χ3v) is 7.64. The molecule has 2 aliphatic carbocycles. The summed E-state index contributed by atoms with van der Waals surface area (Å²) in [6.45, 7) is 9.44. The zero-order valence-corrected chi connectivity index (χ0v) is 21.2. The van der Waals surface area contributed by atoms with E-state index < -0.39 is 5.41 Å². The van der Waals surface area contributed by atoms with E-state index in [2.05, 4.69) is 24.3 Å². The molecule has 3 aromatic rings. The molecule has 1 fully saturated rings. The van der Waals surface area contributed by atoms with Crippen LogP contribution in [0.1, 0.15) is 78.0 Å². The van der Waals surface area contributed by atoms with Crippen LogP contribution in [0.2, 0.25) is 0 Å². The van der Waals surface area contributed by atoms with Crippen LogP contribution >= 0.6 is 0 Å². The van der Waals surface area contributed by atoms with Crippen molar-refractivity contribution in [3.05, 3.63) is 64.1 Å². The number of fused-ring (bicyclic) bond motifs is 3. The van der Waals surface area contributed by atoms with E-state index in [1.165, 1.54) is 11.1 Å². The van der Waals surface area contributed by atoms with Gasteiger partial charge in [-0.2, -0.15) is 0 Å². The summed E-state index contributed by atoms with van der Waals surface area (Å²) in [6, 6.07) is 8.61. The molecule has 1 amide bonds. The van der Waals surface area contributed by atoms with Gasteiger partial charge in [-0.05, 0) is 70.9 Å². The molecule has 178 valence electrons. The zero-order valence-electron chi connectivity index (χ0n) is 21.2. The number of hydrogen-bond donors (Lipinski definition) is 0. The summed E-state index contributed by atoms with van der Waals surface area (Å²) < 4.78 is 8.06. The number of hydrogen-bond acceptors (Lipinski definition) is 4. The first-order valence-corrected chi connectivity index (χ1v) is 12.0. The molecule has 6 heteroatoms. The number of carbonyl (C=O) groups is 2. The van der Waals surface area contributed by atoms with Crippen molar-refractivity contribution in [2.24, 2.45) is 5.41 Å². The van der Waals surface area contributed by atoms with Crippen molar-refractivity contribution in [3.8, 4) is 5.75 Å². The van der Waals surface area contributed by atoms with Crippen molar-refractivity contribution in [1.82, 2.24) is 14.3 Å². The van der Waals surface area contributed by atoms with Crippen molar-refractivity contribution < 1.29 is 14.3 Å². The Kier molecular flexibility index (Phi) is 4.94. The monoisotopic (exact) mass is 459 g/mol. The molecular weight excluding hydrogens is 426 g/mol. The molecule has 0 bridgehead atoms. The quantitative estimate of drug-likeness (QED) is 0.519. The highest BCUT2D eigenvalue weighted by Gasteiger charge is 2.60. The van der Waals surface area contributed by atoms with Crippen molar-refractivity contribution >= 4 is 17.5 Å². The lowest BCUT2D eigenvalue weighted by Gasteiger charge is -2.23. The summed E-state index contributed by atoms with van der Waals surface area (Å²) in [5.74, 6) is 0.115. The van der Waals surface area contributed by atoms with Crippen molar-refractivity contribution in [3.63, 3.8) is 0 Å². The lowest BCUT2D eigenvalue weighted by molar-refractivity contribution is -0.143. The number of amides is 1. The van der Waals surface area contributed by atoms with Crippen LogP contribution in [0.3, 0.4) is 0 Å². The summed E-state index contributed by atoms with van der Waals surface area (Å²) in [7, 11) is 3.52. The van der Waals surface area contributed by atoms with E-state index in [-0.39, 0.29) is 23.2 Å². The summed E-state index contributed by atoms with van der Waals surface area (Å²) in [5.41, 5.74) is 5.84. The molecule has 0 radical (unpaired) electrons. The maximum absolute atomic E-state index is 13.5. The fourth-order valence-electron chi connectivity index (χ4n) is 5.46. The molecule has 2 heterocycles. The number of esters is 1. The topological polar surface area (TPSA) is 63.9 Å². The van der Waals surface area contributed by atoms with Crippen LogP contribution in [-0.4, -0.2) is 40.3 Å². The smallest absolute Gasteiger partial charge is 0.316 e. The number of benzene rings is 1. The number of ether oxygens (including phenoxy) is 1. The zero-order chi connectivity index (χ0) is 24.6. The van der Waals surface area contributed by atoms with Crippen LogP contribution in [0.15, 0.2) is 30.5 Å². The first-order chi connectivity index (χ1) is 16.0. The van der Waals surface area contributed by atoms with E-state index in [1.54, 1.807) is 19.0 Å². The lowest BCUT2D eigenvalue weighted by Crippen LogP contribution is -2.28. The van der Waals surface area contributed by atoms with E-state index in [0.717, 1.165) is 36.2 Å². The summed E-state index contributed by atoms with van der Waals surface area (Å²) >= 11 is 0. The Labute approximate surface area is 200 Å². The van der Waals surface area contributed by atoms with Crippen LogP contribution < -0.4 is 4.74 Å². The van der Waals surface area contributed by atoms with Gasteiger partial charge in [-0.1, -0.05) is 24.3 Å².